The highest BCUT2D eigenvalue weighted by molar-refractivity contribution is 6.01. The van der Waals surface area contributed by atoms with Crippen LogP contribution in [0.5, 0.6) is 0 Å². The first-order valence-electron chi connectivity index (χ1n) is 7.32. The quantitative estimate of drug-likeness (QED) is 0.816. The van der Waals surface area contributed by atoms with Crippen LogP contribution in [-0.2, 0) is 9.59 Å². The van der Waals surface area contributed by atoms with Crippen LogP contribution in [0.25, 0.3) is 0 Å². The van der Waals surface area contributed by atoms with E-state index in [0.717, 1.165) is 11.3 Å². The molecule has 4 nitrogen and oxygen atoms in total. The molecule has 1 aromatic rings. The summed E-state index contributed by atoms with van der Waals surface area (Å²) < 4.78 is 0. The molecule has 1 fully saturated rings. The fourth-order valence-corrected chi connectivity index (χ4v) is 1.77. The Labute approximate surface area is 122 Å². The van der Waals surface area contributed by atoms with E-state index in [1.165, 1.54) is 0 Å². The minimum atomic E-state index is -0.306. The van der Waals surface area contributed by atoms with Crippen molar-refractivity contribution in [3.63, 3.8) is 0 Å². The van der Waals surface area contributed by atoms with Gasteiger partial charge in [0.25, 0.3) is 0 Å². The fourth-order valence-electron chi connectivity index (χ4n) is 1.77. The molecule has 0 aliphatic carbocycles. The summed E-state index contributed by atoms with van der Waals surface area (Å²) in [6.45, 7) is 10.00. The first-order valence-corrected chi connectivity index (χ1v) is 7.32. The van der Waals surface area contributed by atoms with Crippen molar-refractivity contribution >= 4 is 17.5 Å². The van der Waals surface area contributed by atoms with E-state index in [2.05, 4.69) is 10.6 Å². The van der Waals surface area contributed by atoms with E-state index in [-0.39, 0.29) is 17.9 Å². The third-order valence-electron chi connectivity index (χ3n) is 2.60. The largest absolute Gasteiger partial charge is 0.374 e. The third-order valence-corrected chi connectivity index (χ3v) is 2.60. The Morgan fingerprint density at radius 3 is 2.35 bits per heavy atom. The van der Waals surface area contributed by atoms with Crippen molar-refractivity contribution in [3.8, 4) is 0 Å². The monoisotopic (exact) mass is 278 g/mol. The molecule has 2 amide bonds. The summed E-state index contributed by atoms with van der Waals surface area (Å²) in [6.07, 6.45) is 0.952. The number of imide groups is 1. The van der Waals surface area contributed by atoms with E-state index in [4.69, 9.17) is 0 Å². The van der Waals surface area contributed by atoms with Gasteiger partial charge in [-0.2, -0.15) is 0 Å². The Bertz CT molecular complexity index is 430. The zero-order valence-electron chi connectivity index (χ0n) is 13.1. The topological polar surface area (TPSA) is 58.2 Å². The number of anilines is 1. The third kappa shape index (κ3) is 5.87. The van der Waals surface area contributed by atoms with Gasteiger partial charge in [0.15, 0.2) is 0 Å². The number of piperidine rings is 1. The summed E-state index contributed by atoms with van der Waals surface area (Å²) in [5.41, 5.74) is 2.05. The molecule has 1 aliphatic rings. The van der Waals surface area contributed by atoms with Crippen LogP contribution >= 0.6 is 0 Å². The second-order valence-corrected chi connectivity index (χ2v) is 4.02. The van der Waals surface area contributed by atoms with Crippen LogP contribution in [0.1, 0.15) is 46.1 Å². The van der Waals surface area contributed by atoms with E-state index in [9.17, 15) is 9.59 Å². The normalized spacial score (nSPS) is 16.9. The Hall–Kier alpha value is -1.84. The molecule has 0 bridgehead atoms. The highest BCUT2D eigenvalue weighted by Crippen LogP contribution is 2.14. The van der Waals surface area contributed by atoms with Crippen molar-refractivity contribution in [3.05, 3.63) is 29.8 Å². The maximum Gasteiger partial charge on any atom is 0.249 e. The van der Waals surface area contributed by atoms with Gasteiger partial charge in [0, 0.05) is 12.1 Å². The number of hydrogen-bond acceptors (Lipinski definition) is 3. The highest BCUT2D eigenvalue weighted by Gasteiger charge is 2.26. The summed E-state index contributed by atoms with van der Waals surface area (Å²) in [6, 6.07) is 7.51. The highest BCUT2D eigenvalue weighted by atomic mass is 16.2. The maximum atomic E-state index is 11.5. The molecule has 0 saturated carbocycles. The summed E-state index contributed by atoms with van der Waals surface area (Å²) in [7, 11) is 0. The minimum absolute atomic E-state index is 0.188. The molecule has 112 valence electrons. The summed E-state index contributed by atoms with van der Waals surface area (Å²) in [4.78, 5) is 22.5. The van der Waals surface area contributed by atoms with E-state index in [1.54, 1.807) is 0 Å². The molecule has 1 atom stereocenters. The standard InChI is InChI=1S/C12H14N2O2.2C2H6/c1-8-3-2-4-9(7-8)13-10-5-6-11(15)14-12(10)16;2*1-2/h2-4,7,10,13H,5-6H2,1H3,(H,14,15,16);2*1-2H3. The van der Waals surface area contributed by atoms with E-state index >= 15 is 0 Å². The number of nitrogens with one attached hydrogen (secondary N) is 2. The Morgan fingerprint density at radius 2 is 1.80 bits per heavy atom. The van der Waals surface area contributed by atoms with Crippen LogP contribution in [0.3, 0.4) is 0 Å². The molecule has 0 aromatic heterocycles. The lowest BCUT2D eigenvalue weighted by atomic mass is 10.1. The number of rotatable bonds is 2. The van der Waals surface area contributed by atoms with Gasteiger partial charge in [0.1, 0.15) is 6.04 Å². The van der Waals surface area contributed by atoms with E-state index in [0.29, 0.717) is 12.8 Å². The zero-order valence-corrected chi connectivity index (χ0v) is 13.1. The number of hydrogen-bond donors (Lipinski definition) is 2. The van der Waals surface area contributed by atoms with Crippen LogP contribution in [-0.4, -0.2) is 17.9 Å². The van der Waals surface area contributed by atoms with Gasteiger partial charge in [-0.15, -0.1) is 0 Å². The predicted molar refractivity (Wildman–Crippen MR) is 83.7 cm³/mol. The first-order chi connectivity index (χ1) is 9.65. The number of amides is 2. The van der Waals surface area contributed by atoms with Crippen LogP contribution in [0.4, 0.5) is 5.69 Å². The molecule has 20 heavy (non-hydrogen) atoms. The summed E-state index contributed by atoms with van der Waals surface area (Å²) in [5, 5.41) is 5.45. The van der Waals surface area contributed by atoms with Crippen LogP contribution in [0.2, 0.25) is 0 Å². The molecule has 2 N–H and O–H groups in total. The summed E-state index contributed by atoms with van der Waals surface area (Å²) >= 11 is 0. The Morgan fingerprint density at radius 1 is 1.15 bits per heavy atom. The first kappa shape index (κ1) is 18.2. The van der Waals surface area contributed by atoms with Gasteiger partial charge >= 0.3 is 0 Å². The average molecular weight is 278 g/mol. The number of benzene rings is 1. The van der Waals surface area contributed by atoms with Crippen molar-refractivity contribution in [1.29, 1.82) is 0 Å². The van der Waals surface area contributed by atoms with E-state index in [1.807, 2.05) is 58.9 Å². The Kier molecular flexibility index (Phi) is 9.09. The maximum absolute atomic E-state index is 11.5. The molecule has 1 saturated heterocycles. The van der Waals surface area contributed by atoms with Crippen molar-refractivity contribution in [1.82, 2.24) is 5.32 Å². The molecule has 1 heterocycles. The second-order valence-electron chi connectivity index (χ2n) is 4.02. The zero-order chi connectivity index (χ0) is 15.5. The molecular formula is C16H26N2O2. The lowest BCUT2D eigenvalue weighted by molar-refractivity contribution is -0.133. The number of carbonyl (C=O) groups excluding carboxylic acids is 2. The number of aryl methyl sites for hydroxylation is 1. The predicted octanol–water partition coefficient (Wildman–Crippen LogP) is 3.26. The smallest absolute Gasteiger partial charge is 0.249 e. The van der Waals surface area contributed by atoms with Crippen LogP contribution in [0, 0.1) is 6.92 Å². The molecule has 1 aliphatic heterocycles. The average Bonchev–Trinajstić information content (AvgIpc) is 2.46. The molecule has 0 radical (unpaired) electrons. The van der Waals surface area contributed by atoms with Crippen LogP contribution < -0.4 is 10.6 Å². The van der Waals surface area contributed by atoms with Gasteiger partial charge in [-0.25, -0.2) is 0 Å². The molecule has 0 spiro atoms. The lowest BCUT2D eigenvalue weighted by Crippen LogP contribution is -2.47. The van der Waals surface area contributed by atoms with Gasteiger partial charge in [0.05, 0.1) is 0 Å². The second kappa shape index (κ2) is 10.0. The van der Waals surface area contributed by atoms with E-state index < -0.39 is 0 Å². The molecule has 1 unspecified atom stereocenters. The molecule has 4 heteroatoms. The van der Waals surface area contributed by atoms with Crippen molar-refractivity contribution in [2.45, 2.75) is 53.5 Å². The summed E-state index contributed by atoms with van der Waals surface area (Å²) in [5.74, 6) is -0.426. The molecular weight excluding hydrogens is 252 g/mol. The van der Waals surface area contributed by atoms with Gasteiger partial charge < -0.3 is 5.32 Å². The van der Waals surface area contributed by atoms with Gasteiger partial charge in [-0.05, 0) is 31.0 Å². The Balaban J connectivity index is 0.000000829. The fraction of sp³-hybridized carbons (Fsp3) is 0.500. The van der Waals surface area contributed by atoms with Gasteiger partial charge in [-0.1, -0.05) is 39.8 Å². The lowest BCUT2D eigenvalue weighted by Gasteiger charge is -2.22. The van der Waals surface area contributed by atoms with Crippen molar-refractivity contribution in [2.75, 3.05) is 5.32 Å². The SMILES string of the molecule is CC.CC.Cc1cccc(NC2CCC(=O)NC2=O)c1. The van der Waals surface area contributed by atoms with Gasteiger partial charge in [0.2, 0.25) is 11.8 Å². The minimum Gasteiger partial charge on any atom is -0.374 e. The van der Waals surface area contributed by atoms with Crippen molar-refractivity contribution < 1.29 is 9.59 Å². The van der Waals surface area contributed by atoms with Gasteiger partial charge in [-0.3, -0.25) is 14.9 Å². The molecule has 1 aromatic carbocycles. The van der Waals surface area contributed by atoms with Crippen molar-refractivity contribution in [2.24, 2.45) is 0 Å². The number of carbonyl (C=O) groups is 2. The van der Waals surface area contributed by atoms with Crippen LogP contribution in [0.15, 0.2) is 24.3 Å². The molecule has 2 rings (SSSR count).